The third-order valence-corrected chi connectivity index (χ3v) is 7.19. The van der Waals surface area contributed by atoms with E-state index in [1.165, 1.54) is 23.9 Å². The lowest BCUT2D eigenvalue weighted by molar-refractivity contribution is -0.119. The van der Waals surface area contributed by atoms with Gasteiger partial charge in [0, 0.05) is 11.4 Å². The van der Waals surface area contributed by atoms with Crippen LogP contribution in [0.5, 0.6) is 0 Å². The van der Waals surface area contributed by atoms with E-state index >= 15 is 0 Å². The predicted octanol–water partition coefficient (Wildman–Crippen LogP) is 4.37. The van der Waals surface area contributed by atoms with E-state index in [1.54, 1.807) is 60.7 Å². The predicted molar refractivity (Wildman–Crippen MR) is 122 cm³/mol. The third kappa shape index (κ3) is 5.86. The number of aryl methyl sites for hydroxylation is 1. The Morgan fingerprint density at radius 3 is 2.16 bits per heavy atom. The van der Waals surface area contributed by atoms with Crippen molar-refractivity contribution in [1.29, 1.82) is 0 Å². The largest absolute Gasteiger partial charge is 0.350 e. The molecule has 0 heterocycles. The molecule has 3 aromatic carbocycles. The molecule has 0 saturated carbocycles. The van der Waals surface area contributed by atoms with Crippen LogP contribution < -0.4 is 9.62 Å². The maximum Gasteiger partial charge on any atom is 0.264 e. The Bertz CT molecular complexity index is 1130. The molecule has 0 fully saturated rings. The van der Waals surface area contributed by atoms with Crippen LogP contribution in [0, 0.1) is 12.7 Å². The highest BCUT2D eigenvalue weighted by molar-refractivity contribution is 7.98. The highest BCUT2D eigenvalue weighted by Crippen LogP contribution is 2.25. The van der Waals surface area contributed by atoms with Gasteiger partial charge in [0.15, 0.2) is 0 Å². The minimum atomic E-state index is -3.96. The zero-order valence-corrected chi connectivity index (χ0v) is 18.8. The van der Waals surface area contributed by atoms with E-state index in [1.807, 2.05) is 13.2 Å². The van der Waals surface area contributed by atoms with E-state index in [0.29, 0.717) is 11.3 Å². The van der Waals surface area contributed by atoms with Crippen LogP contribution in [0.3, 0.4) is 0 Å². The second kappa shape index (κ2) is 9.98. The van der Waals surface area contributed by atoms with E-state index in [2.05, 4.69) is 5.32 Å². The van der Waals surface area contributed by atoms with Crippen molar-refractivity contribution < 1.29 is 17.6 Å². The molecule has 5 nitrogen and oxygen atoms in total. The molecule has 3 aromatic rings. The second-order valence-corrected chi connectivity index (χ2v) is 9.67. The summed E-state index contributed by atoms with van der Waals surface area (Å²) in [5, 5.41) is 2.70. The lowest BCUT2D eigenvalue weighted by Crippen LogP contribution is -2.40. The van der Waals surface area contributed by atoms with Gasteiger partial charge >= 0.3 is 0 Å². The lowest BCUT2D eigenvalue weighted by Gasteiger charge is -2.24. The van der Waals surface area contributed by atoms with Gasteiger partial charge in [-0.1, -0.05) is 29.8 Å². The van der Waals surface area contributed by atoms with Crippen LogP contribution in [-0.2, 0) is 21.4 Å². The molecule has 0 unspecified atom stereocenters. The number of carbonyl (C=O) groups is 1. The molecular formula is C23H23FN2O3S2. The van der Waals surface area contributed by atoms with Gasteiger partial charge in [0.2, 0.25) is 5.91 Å². The molecule has 162 valence electrons. The van der Waals surface area contributed by atoms with Gasteiger partial charge in [-0.2, -0.15) is 0 Å². The molecule has 0 bridgehead atoms. The maximum absolute atomic E-state index is 13.4. The number of anilines is 1. The quantitative estimate of drug-likeness (QED) is 0.509. The summed E-state index contributed by atoms with van der Waals surface area (Å²) in [5.41, 5.74) is 2.09. The summed E-state index contributed by atoms with van der Waals surface area (Å²) < 4.78 is 40.9. The van der Waals surface area contributed by atoms with Crippen molar-refractivity contribution in [3.05, 3.63) is 89.7 Å². The molecule has 0 radical (unpaired) electrons. The number of hydrogen-bond donors (Lipinski definition) is 1. The number of nitrogens with zero attached hydrogens (tertiary/aromatic N) is 1. The van der Waals surface area contributed by atoms with Gasteiger partial charge in [-0.3, -0.25) is 9.10 Å². The number of benzene rings is 3. The third-order valence-electron chi connectivity index (χ3n) is 4.66. The molecule has 31 heavy (non-hydrogen) atoms. The maximum atomic E-state index is 13.4. The Morgan fingerprint density at radius 2 is 1.58 bits per heavy atom. The number of nitrogens with one attached hydrogen (secondary N) is 1. The molecule has 8 heteroatoms. The number of sulfonamides is 1. The fraction of sp³-hybridized carbons (Fsp3) is 0.174. The normalized spacial score (nSPS) is 11.2. The molecule has 0 saturated heterocycles. The number of carbonyl (C=O) groups excluding carboxylic acids is 1. The molecular weight excluding hydrogens is 435 g/mol. The van der Waals surface area contributed by atoms with Crippen LogP contribution in [0.2, 0.25) is 0 Å². The zero-order chi connectivity index (χ0) is 22.4. The number of hydrogen-bond acceptors (Lipinski definition) is 4. The van der Waals surface area contributed by atoms with Gasteiger partial charge in [0.05, 0.1) is 10.6 Å². The monoisotopic (exact) mass is 458 g/mol. The molecule has 0 aromatic heterocycles. The average Bonchev–Trinajstić information content (AvgIpc) is 2.78. The van der Waals surface area contributed by atoms with Crippen LogP contribution in [0.25, 0.3) is 0 Å². The number of thioether (sulfide) groups is 1. The molecule has 3 rings (SSSR count). The fourth-order valence-corrected chi connectivity index (χ4v) is 4.72. The number of halogens is 1. The Morgan fingerprint density at radius 1 is 0.968 bits per heavy atom. The Balaban J connectivity index is 1.84. The van der Waals surface area contributed by atoms with Crippen LogP contribution in [-0.4, -0.2) is 27.1 Å². The fourth-order valence-electron chi connectivity index (χ4n) is 2.89. The van der Waals surface area contributed by atoms with Crippen LogP contribution in [0.4, 0.5) is 10.1 Å². The van der Waals surface area contributed by atoms with Gasteiger partial charge in [0.25, 0.3) is 10.0 Å². The Hall–Kier alpha value is -2.84. The lowest BCUT2D eigenvalue weighted by atomic mass is 10.2. The minimum absolute atomic E-state index is 0.109. The number of amides is 1. The average molecular weight is 459 g/mol. The van der Waals surface area contributed by atoms with Crippen molar-refractivity contribution in [2.45, 2.75) is 23.3 Å². The molecule has 0 atom stereocenters. The summed E-state index contributed by atoms with van der Waals surface area (Å²) in [6.07, 6.45) is 1.91. The van der Waals surface area contributed by atoms with Crippen LogP contribution >= 0.6 is 11.8 Å². The van der Waals surface area contributed by atoms with Crippen molar-refractivity contribution >= 4 is 33.4 Å². The van der Waals surface area contributed by atoms with Gasteiger partial charge < -0.3 is 5.32 Å². The van der Waals surface area contributed by atoms with Crippen LogP contribution in [0.15, 0.2) is 82.6 Å². The summed E-state index contributed by atoms with van der Waals surface area (Å²) in [6, 6.07) is 19.2. The first kappa shape index (κ1) is 22.8. The molecule has 1 N–H and O–H groups in total. The summed E-state index contributed by atoms with van der Waals surface area (Å²) in [7, 11) is -3.96. The van der Waals surface area contributed by atoms with Crippen LogP contribution in [0.1, 0.15) is 11.1 Å². The molecule has 0 spiro atoms. The second-order valence-electron chi connectivity index (χ2n) is 6.93. The SMILES string of the molecule is CSc1ccc(S(=O)(=O)N(CC(=O)NCc2ccc(F)cc2)c2ccc(C)cc2)cc1. The smallest absolute Gasteiger partial charge is 0.264 e. The van der Waals surface area contributed by atoms with Crippen molar-refractivity contribution in [2.24, 2.45) is 0 Å². The standard InChI is InChI=1S/C23H23FN2O3S2/c1-17-3-9-20(10-4-17)26(31(28,29)22-13-11-21(30-2)12-14-22)16-23(27)25-15-18-5-7-19(24)8-6-18/h3-14H,15-16H2,1-2H3,(H,25,27). The highest BCUT2D eigenvalue weighted by Gasteiger charge is 2.27. The van der Waals surface area contributed by atoms with Gasteiger partial charge in [-0.25, -0.2) is 12.8 Å². The van der Waals surface area contributed by atoms with Gasteiger partial charge in [0.1, 0.15) is 12.4 Å². The first-order chi connectivity index (χ1) is 14.8. The van der Waals surface area contributed by atoms with Crippen molar-refractivity contribution in [3.63, 3.8) is 0 Å². The summed E-state index contributed by atoms with van der Waals surface area (Å²) >= 11 is 1.51. The highest BCUT2D eigenvalue weighted by atomic mass is 32.2. The van der Waals surface area contributed by atoms with Gasteiger partial charge in [-0.05, 0) is 67.3 Å². The minimum Gasteiger partial charge on any atom is -0.350 e. The topological polar surface area (TPSA) is 66.5 Å². The molecule has 0 aliphatic carbocycles. The Kier molecular flexibility index (Phi) is 7.35. The Labute approximate surface area is 186 Å². The van der Waals surface area contributed by atoms with E-state index < -0.39 is 15.9 Å². The summed E-state index contributed by atoms with van der Waals surface area (Å²) in [6.45, 7) is 1.69. The summed E-state index contributed by atoms with van der Waals surface area (Å²) in [4.78, 5) is 13.7. The zero-order valence-electron chi connectivity index (χ0n) is 17.2. The van der Waals surface area contributed by atoms with E-state index in [4.69, 9.17) is 0 Å². The van der Waals surface area contributed by atoms with Crippen molar-refractivity contribution in [1.82, 2.24) is 5.32 Å². The van der Waals surface area contributed by atoms with E-state index in [-0.39, 0.29) is 23.8 Å². The molecule has 1 amide bonds. The van der Waals surface area contributed by atoms with Crippen molar-refractivity contribution in [3.8, 4) is 0 Å². The molecule has 0 aliphatic rings. The first-order valence-electron chi connectivity index (χ1n) is 9.54. The number of rotatable bonds is 8. The van der Waals surface area contributed by atoms with Gasteiger partial charge in [-0.15, -0.1) is 11.8 Å². The van der Waals surface area contributed by atoms with Crippen molar-refractivity contribution in [2.75, 3.05) is 17.1 Å². The van der Waals surface area contributed by atoms with E-state index in [0.717, 1.165) is 14.8 Å². The molecule has 0 aliphatic heterocycles. The first-order valence-corrected chi connectivity index (χ1v) is 12.2. The van der Waals surface area contributed by atoms with E-state index in [9.17, 15) is 17.6 Å². The summed E-state index contributed by atoms with van der Waals surface area (Å²) in [5.74, 6) is -0.826.